The number of benzene rings is 2. The van der Waals surface area contributed by atoms with Gasteiger partial charge in [-0.2, -0.15) is 13.2 Å². The van der Waals surface area contributed by atoms with Crippen molar-refractivity contribution in [2.75, 3.05) is 0 Å². The summed E-state index contributed by atoms with van der Waals surface area (Å²) < 4.78 is 39.5. The number of aliphatic imine (C=N–C) groups is 1. The van der Waals surface area contributed by atoms with E-state index >= 15 is 0 Å². The van der Waals surface area contributed by atoms with E-state index in [1.54, 1.807) is 0 Å². The fraction of sp³-hybridized carbons (Fsp3) is 0.0556. The van der Waals surface area contributed by atoms with Crippen LogP contribution in [0, 0.1) is 0 Å². The lowest BCUT2D eigenvalue weighted by molar-refractivity contribution is -0.137. The van der Waals surface area contributed by atoms with Gasteiger partial charge in [0.2, 0.25) is 5.78 Å². The molecule has 0 spiro atoms. The highest BCUT2D eigenvalue weighted by Crippen LogP contribution is 2.34. The molecule has 6 N–H and O–H groups in total. The van der Waals surface area contributed by atoms with Crippen molar-refractivity contribution >= 4 is 41.0 Å². The van der Waals surface area contributed by atoms with Crippen molar-refractivity contribution in [1.82, 2.24) is 5.43 Å². The molecule has 2 aromatic rings. The van der Waals surface area contributed by atoms with Gasteiger partial charge in [-0.25, -0.2) is 15.6 Å². The number of carbonyl (C=O) groups is 2. The molecule has 0 unspecified atom stereocenters. The zero-order chi connectivity index (χ0) is 21.8. The number of ketones is 1. The molecule has 0 radical (unpaired) electrons. The lowest BCUT2D eigenvalue weighted by Crippen LogP contribution is -2.19. The van der Waals surface area contributed by atoms with E-state index in [0.717, 1.165) is 12.4 Å². The van der Waals surface area contributed by atoms with Crippen LogP contribution < -0.4 is 17.0 Å². The number of rotatable bonds is 6. The van der Waals surface area contributed by atoms with Crippen LogP contribution in [-0.2, 0) is 11.0 Å². The Bertz CT molecular complexity index is 1020. The number of aliphatic carboxylic acids is 1. The molecule has 2 aromatic carbocycles. The van der Waals surface area contributed by atoms with E-state index in [9.17, 15) is 27.9 Å². The van der Waals surface area contributed by atoms with Crippen LogP contribution >= 0.6 is 11.6 Å². The second-order valence-corrected chi connectivity index (χ2v) is 6.00. The first-order valence-electron chi connectivity index (χ1n) is 7.80. The quantitative estimate of drug-likeness (QED) is 0.140. The summed E-state index contributed by atoms with van der Waals surface area (Å²) in [6.45, 7) is 0. The monoisotopic (exact) mass is 426 g/mol. The smallest absolute Gasteiger partial charge is 0.416 e. The van der Waals surface area contributed by atoms with Crippen molar-refractivity contribution in [2.24, 2.45) is 16.6 Å². The van der Waals surface area contributed by atoms with Gasteiger partial charge in [0, 0.05) is 16.1 Å². The molecular weight excluding hydrogens is 413 g/mol. The Kier molecular flexibility index (Phi) is 6.62. The third-order valence-electron chi connectivity index (χ3n) is 3.67. The molecule has 0 atom stereocenters. The van der Waals surface area contributed by atoms with E-state index < -0.39 is 40.3 Å². The lowest BCUT2D eigenvalue weighted by Gasteiger charge is -2.12. The second kappa shape index (κ2) is 8.76. The predicted octanol–water partition coefficient (Wildman–Crippen LogP) is 3.12. The highest BCUT2D eigenvalue weighted by Gasteiger charge is 2.32. The highest BCUT2D eigenvalue weighted by molar-refractivity contribution is 6.35. The lowest BCUT2D eigenvalue weighted by atomic mass is 9.97. The van der Waals surface area contributed by atoms with Gasteiger partial charge in [0.15, 0.2) is 0 Å². The Morgan fingerprint density at radius 1 is 1.17 bits per heavy atom. The Labute approximate surface area is 167 Å². The van der Waals surface area contributed by atoms with Crippen molar-refractivity contribution in [3.05, 3.63) is 69.9 Å². The number of carboxylic acid groups (broad SMARTS) is 1. The van der Waals surface area contributed by atoms with Crippen molar-refractivity contribution in [3.63, 3.8) is 0 Å². The fourth-order valence-electron chi connectivity index (χ4n) is 2.40. The van der Waals surface area contributed by atoms with E-state index in [1.165, 1.54) is 24.3 Å². The number of alkyl halides is 3. The summed E-state index contributed by atoms with van der Waals surface area (Å²) in [5.74, 6) is 2.30. The maximum Gasteiger partial charge on any atom is 0.416 e. The molecule has 0 fully saturated rings. The van der Waals surface area contributed by atoms with Gasteiger partial charge in [-0.05, 0) is 24.3 Å². The van der Waals surface area contributed by atoms with Crippen LogP contribution in [0.25, 0.3) is 5.57 Å². The first kappa shape index (κ1) is 21.9. The minimum atomic E-state index is -4.78. The Balaban J connectivity index is 2.67. The molecule has 0 saturated heterocycles. The zero-order valence-corrected chi connectivity index (χ0v) is 15.3. The van der Waals surface area contributed by atoms with Crippen LogP contribution in [0.4, 0.5) is 18.9 Å². The van der Waals surface area contributed by atoms with Crippen LogP contribution in [0.5, 0.6) is 0 Å². The number of hydrazine groups is 1. The molecular formula is C18H14ClF3N4O3. The zero-order valence-electron chi connectivity index (χ0n) is 14.5. The molecule has 0 saturated carbocycles. The maximum atomic E-state index is 13.2. The Morgan fingerprint density at radius 2 is 1.83 bits per heavy atom. The minimum absolute atomic E-state index is 0.00371. The van der Waals surface area contributed by atoms with E-state index in [0.29, 0.717) is 12.1 Å². The van der Waals surface area contributed by atoms with Crippen LogP contribution in [0.2, 0.25) is 5.02 Å². The maximum absolute atomic E-state index is 13.2. The first-order valence-corrected chi connectivity index (χ1v) is 8.17. The van der Waals surface area contributed by atoms with Crippen LogP contribution in [0.15, 0.2) is 53.2 Å². The van der Waals surface area contributed by atoms with Crippen LogP contribution in [0.1, 0.15) is 21.5 Å². The summed E-state index contributed by atoms with van der Waals surface area (Å²) in [4.78, 5) is 28.1. The fourth-order valence-corrected chi connectivity index (χ4v) is 2.63. The van der Waals surface area contributed by atoms with Crippen LogP contribution in [-0.4, -0.2) is 23.2 Å². The molecule has 0 aliphatic rings. The summed E-state index contributed by atoms with van der Waals surface area (Å²) in [7, 11) is 0. The number of Topliss-reactive ketones (excluding diaryl/α,β-unsaturated/α-hetero) is 1. The Morgan fingerprint density at radius 3 is 2.38 bits per heavy atom. The van der Waals surface area contributed by atoms with Gasteiger partial charge in [0.05, 0.1) is 22.5 Å². The van der Waals surface area contributed by atoms with Gasteiger partial charge >= 0.3 is 12.1 Å². The molecule has 0 aliphatic carbocycles. The van der Waals surface area contributed by atoms with Gasteiger partial charge in [-0.15, -0.1) is 0 Å². The number of nitrogens with one attached hydrogen (secondary N) is 1. The number of nitrogens with two attached hydrogens (primary N) is 2. The SMILES string of the molecule is NNC=Nc1cc(C(=O)C(N)=C(C(=O)O)c2ccccc2Cl)cc(C(F)(F)F)c1. The molecule has 0 bridgehead atoms. The summed E-state index contributed by atoms with van der Waals surface area (Å²) in [5.41, 5.74) is 4.38. The normalized spacial score (nSPS) is 12.6. The third-order valence-corrected chi connectivity index (χ3v) is 4.00. The van der Waals surface area contributed by atoms with Gasteiger partial charge in [-0.3, -0.25) is 4.79 Å². The van der Waals surface area contributed by atoms with E-state index in [2.05, 4.69) is 4.99 Å². The number of halogens is 4. The third kappa shape index (κ3) is 5.12. The number of hydrogen-bond acceptors (Lipinski definition) is 5. The molecule has 0 amide bonds. The number of nitrogens with zero attached hydrogens (tertiary/aromatic N) is 1. The summed E-state index contributed by atoms with van der Waals surface area (Å²) >= 11 is 5.97. The highest BCUT2D eigenvalue weighted by atomic mass is 35.5. The van der Waals surface area contributed by atoms with Gasteiger partial charge in [0.1, 0.15) is 6.34 Å². The first-order chi connectivity index (χ1) is 13.6. The van der Waals surface area contributed by atoms with Crippen molar-refractivity contribution in [1.29, 1.82) is 0 Å². The second-order valence-electron chi connectivity index (χ2n) is 5.59. The standard InChI is InChI=1S/C18H14ClF3N4O3/c19-13-4-2-1-3-12(13)14(17(28)29)15(23)16(27)9-5-10(18(20,21)22)7-11(6-9)25-8-26-24/h1-8H,23-24H2,(H,25,26)(H,28,29). The van der Waals surface area contributed by atoms with Gasteiger partial charge in [-0.1, -0.05) is 29.8 Å². The predicted molar refractivity (Wildman–Crippen MR) is 101 cm³/mol. The number of allylic oxidation sites excluding steroid dienone is 1. The molecule has 2 rings (SSSR count). The molecule has 0 heterocycles. The molecule has 11 heteroatoms. The number of carboxylic acids is 1. The van der Waals surface area contributed by atoms with E-state index in [4.69, 9.17) is 23.2 Å². The molecule has 0 aliphatic heterocycles. The van der Waals surface area contributed by atoms with E-state index in [-0.39, 0.29) is 16.3 Å². The van der Waals surface area contributed by atoms with Crippen molar-refractivity contribution < 1.29 is 27.9 Å². The van der Waals surface area contributed by atoms with Gasteiger partial charge < -0.3 is 16.3 Å². The molecule has 7 nitrogen and oxygen atoms in total. The summed E-state index contributed by atoms with van der Waals surface area (Å²) in [5, 5.41) is 9.50. The molecule has 152 valence electrons. The summed E-state index contributed by atoms with van der Waals surface area (Å²) in [6, 6.07) is 7.97. The molecule has 29 heavy (non-hydrogen) atoms. The Hall–Kier alpha value is -3.37. The van der Waals surface area contributed by atoms with Crippen LogP contribution in [0.3, 0.4) is 0 Å². The van der Waals surface area contributed by atoms with Crippen molar-refractivity contribution in [3.8, 4) is 0 Å². The molecule has 0 aromatic heterocycles. The van der Waals surface area contributed by atoms with Gasteiger partial charge in [0.25, 0.3) is 0 Å². The summed E-state index contributed by atoms with van der Waals surface area (Å²) in [6.07, 6.45) is -3.87. The number of hydrogen-bond donors (Lipinski definition) is 4. The average molecular weight is 427 g/mol. The van der Waals surface area contributed by atoms with E-state index in [1.807, 2.05) is 5.43 Å². The largest absolute Gasteiger partial charge is 0.478 e. The topological polar surface area (TPSA) is 131 Å². The minimum Gasteiger partial charge on any atom is -0.478 e. The number of carbonyl (C=O) groups excluding carboxylic acids is 1. The average Bonchev–Trinajstić information content (AvgIpc) is 2.66. The van der Waals surface area contributed by atoms with Crippen molar-refractivity contribution in [2.45, 2.75) is 6.18 Å².